The Bertz CT molecular complexity index is 1150. The maximum atomic E-state index is 13.4. The highest BCUT2D eigenvalue weighted by Crippen LogP contribution is 2.37. The van der Waals surface area contributed by atoms with Crippen LogP contribution in [0.3, 0.4) is 0 Å². The first-order valence-corrected chi connectivity index (χ1v) is 10.0. The molecule has 0 unspecified atom stereocenters. The van der Waals surface area contributed by atoms with Crippen molar-refractivity contribution in [1.29, 1.82) is 0 Å². The van der Waals surface area contributed by atoms with Gasteiger partial charge in [0.25, 0.3) is 5.91 Å². The van der Waals surface area contributed by atoms with Gasteiger partial charge in [0.15, 0.2) is 0 Å². The van der Waals surface area contributed by atoms with E-state index in [9.17, 15) is 27.6 Å². The van der Waals surface area contributed by atoms with Crippen molar-refractivity contribution >= 4 is 34.7 Å². The van der Waals surface area contributed by atoms with Crippen molar-refractivity contribution in [2.24, 2.45) is 0 Å². The zero-order chi connectivity index (χ0) is 23.8. The average molecular weight is 451 g/mol. The molecular weight excluding hydrogens is 427 g/mol. The lowest BCUT2D eigenvalue weighted by Gasteiger charge is -2.22. The first kappa shape index (κ1) is 23.4. The molecule has 3 amide bonds. The molecule has 0 saturated carbocycles. The predicted octanol–water partition coefficient (Wildman–Crippen LogP) is 4.32. The smallest absolute Gasteiger partial charge is 0.417 e. The highest BCUT2D eigenvalue weighted by atomic mass is 19.4. The number of benzene rings is 1. The van der Waals surface area contributed by atoms with E-state index in [1.807, 2.05) is 0 Å². The summed E-state index contributed by atoms with van der Waals surface area (Å²) in [5, 5.41) is 2.88. The molecule has 10 heteroatoms. The van der Waals surface area contributed by atoms with Crippen LogP contribution in [0.1, 0.15) is 38.3 Å². The Morgan fingerprint density at radius 3 is 2.44 bits per heavy atom. The quantitative estimate of drug-likeness (QED) is 0.402. The lowest BCUT2D eigenvalue weighted by molar-refractivity contribution is -0.136. The molecule has 2 heterocycles. The third-order valence-corrected chi connectivity index (χ3v) is 5.59. The van der Waals surface area contributed by atoms with E-state index in [-0.39, 0.29) is 29.5 Å². The Morgan fingerprint density at radius 1 is 1.19 bits per heavy atom. The summed E-state index contributed by atoms with van der Waals surface area (Å²) < 4.78 is 45.3. The number of anilines is 1. The standard InChI is InChI=1S/C22H24F3N3O4/c1-5-7-14-16(9-8-13-15(22(23,24)25)12-17(29)32-18(13)14)26-10-6-11-28-19(30)21(2,3)27(4)20(28)31/h5,7-9,12,26H,6,10-11H2,1-4H3/b7-5+. The number of nitrogens with zero attached hydrogens (tertiary/aromatic N) is 2. The van der Waals surface area contributed by atoms with Crippen LogP contribution in [-0.4, -0.2) is 47.4 Å². The molecule has 0 aliphatic carbocycles. The normalized spacial score (nSPS) is 16.6. The molecule has 7 nitrogen and oxygen atoms in total. The van der Waals surface area contributed by atoms with Crippen LogP contribution in [0.25, 0.3) is 17.0 Å². The molecule has 0 bridgehead atoms. The fourth-order valence-corrected chi connectivity index (χ4v) is 3.61. The van der Waals surface area contributed by atoms with E-state index < -0.39 is 22.9 Å². The highest BCUT2D eigenvalue weighted by molar-refractivity contribution is 6.06. The second-order valence-electron chi connectivity index (χ2n) is 8.02. The second kappa shape index (κ2) is 8.33. The number of halogens is 3. The first-order chi connectivity index (χ1) is 14.9. The van der Waals surface area contributed by atoms with Gasteiger partial charge in [0.1, 0.15) is 11.1 Å². The van der Waals surface area contributed by atoms with Crippen LogP contribution in [0.5, 0.6) is 0 Å². The maximum Gasteiger partial charge on any atom is 0.417 e. The minimum absolute atomic E-state index is 0.166. The van der Waals surface area contributed by atoms with Gasteiger partial charge in [0, 0.05) is 42.8 Å². The van der Waals surface area contributed by atoms with Gasteiger partial charge >= 0.3 is 17.8 Å². The number of carbonyl (C=O) groups is 2. The SMILES string of the molecule is C/C=C/c1c(NCCCN2C(=O)N(C)C(C)(C)C2=O)ccc2c(C(F)(F)F)cc(=O)oc12. The van der Waals surface area contributed by atoms with Gasteiger partial charge in [-0.2, -0.15) is 13.2 Å². The van der Waals surface area contributed by atoms with Gasteiger partial charge in [-0.3, -0.25) is 9.69 Å². The summed E-state index contributed by atoms with van der Waals surface area (Å²) in [5.41, 5.74) is -2.45. The lowest BCUT2D eigenvalue weighted by Crippen LogP contribution is -2.41. The number of urea groups is 1. The molecule has 1 fully saturated rings. The van der Waals surface area contributed by atoms with E-state index in [2.05, 4.69) is 5.32 Å². The van der Waals surface area contributed by atoms with Crippen LogP contribution in [0.4, 0.5) is 23.7 Å². The third-order valence-electron chi connectivity index (χ3n) is 5.59. The van der Waals surface area contributed by atoms with Gasteiger partial charge in [-0.05, 0) is 39.3 Å². The number of alkyl halides is 3. The molecule has 172 valence electrons. The minimum Gasteiger partial charge on any atom is -0.422 e. The molecule has 1 aliphatic heterocycles. The van der Waals surface area contributed by atoms with Crippen molar-refractivity contribution < 1.29 is 27.2 Å². The minimum atomic E-state index is -4.70. The van der Waals surface area contributed by atoms with Crippen molar-refractivity contribution in [2.75, 3.05) is 25.5 Å². The molecule has 3 rings (SSSR count). The molecule has 0 atom stereocenters. The number of imide groups is 1. The number of hydrogen-bond acceptors (Lipinski definition) is 5. The van der Waals surface area contributed by atoms with Gasteiger partial charge in [0.05, 0.1) is 5.56 Å². The third kappa shape index (κ3) is 4.09. The summed E-state index contributed by atoms with van der Waals surface area (Å²) in [4.78, 5) is 39.1. The summed E-state index contributed by atoms with van der Waals surface area (Å²) in [5.74, 6) is -0.285. The summed E-state index contributed by atoms with van der Waals surface area (Å²) in [7, 11) is 1.57. The number of fused-ring (bicyclic) bond motifs is 1. The first-order valence-electron chi connectivity index (χ1n) is 10.0. The number of carbonyl (C=O) groups excluding carboxylic acids is 2. The largest absolute Gasteiger partial charge is 0.422 e. The van der Waals surface area contributed by atoms with Crippen molar-refractivity contribution in [2.45, 2.75) is 38.9 Å². The van der Waals surface area contributed by atoms with Gasteiger partial charge in [-0.15, -0.1) is 0 Å². The van der Waals surface area contributed by atoms with Crippen LogP contribution in [0.2, 0.25) is 0 Å². The lowest BCUT2D eigenvalue weighted by atomic mass is 10.0. The van der Waals surface area contributed by atoms with E-state index >= 15 is 0 Å². The Balaban J connectivity index is 1.83. The fourth-order valence-electron chi connectivity index (χ4n) is 3.61. The Morgan fingerprint density at radius 2 is 1.88 bits per heavy atom. The fraction of sp³-hybridized carbons (Fsp3) is 0.409. The van der Waals surface area contributed by atoms with E-state index in [0.717, 1.165) is 0 Å². The number of allylic oxidation sites excluding steroid dienone is 1. The Labute approximate surface area is 182 Å². The summed E-state index contributed by atoms with van der Waals surface area (Å²) >= 11 is 0. The van der Waals surface area contributed by atoms with Crippen molar-refractivity contribution in [3.8, 4) is 0 Å². The molecule has 1 N–H and O–H groups in total. The number of rotatable bonds is 6. The average Bonchev–Trinajstić information content (AvgIpc) is 2.85. The van der Waals surface area contributed by atoms with E-state index in [0.29, 0.717) is 30.3 Å². The molecule has 2 aromatic rings. The second-order valence-corrected chi connectivity index (χ2v) is 8.02. The molecule has 1 aromatic heterocycles. The summed E-state index contributed by atoms with van der Waals surface area (Å²) in [6.45, 7) is 5.57. The molecule has 0 spiro atoms. The Kier molecular flexibility index (Phi) is 6.08. The highest BCUT2D eigenvalue weighted by Gasteiger charge is 2.48. The van der Waals surface area contributed by atoms with Gasteiger partial charge in [-0.25, -0.2) is 9.59 Å². The number of nitrogens with one attached hydrogen (secondary N) is 1. The van der Waals surface area contributed by atoms with Gasteiger partial charge < -0.3 is 14.6 Å². The van der Waals surface area contributed by atoms with E-state index in [1.165, 1.54) is 21.9 Å². The molecule has 1 aromatic carbocycles. The van der Waals surface area contributed by atoms with Crippen LogP contribution in [0, 0.1) is 0 Å². The van der Waals surface area contributed by atoms with E-state index in [4.69, 9.17) is 4.42 Å². The topological polar surface area (TPSA) is 82.9 Å². The van der Waals surface area contributed by atoms with Crippen LogP contribution >= 0.6 is 0 Å². The zero-order valence-electron chi connectivity index (χ0n) is 18.2. The maximum absolute atomic E-state index is 13.4. The Hall–Kier alpha value is -3.30. The van der Waals surface area contributed by atoms with Crippen LogP contribution in [0.15, 0.2) is 33.5 Å². The monoisotopic (exact) mass is 451 g/mol. The molecule has 32 heavy (non-hydrogen) atoms. The van der Waals surface area contributed by atoms with Gasteiger partial charge in [0.2, 0.25) is 0 Å². The number of likely N-dealkylation sites (N-methyl/N-ethyl adjacent to an activating group) is 1. The van der Waals surface area contributed by atoms with Crippen molar-refractivity contribution in [1.82, 2.24) is 9.80 Å². The number of hydrogen-bond donors (Lipinski definition) is 1. The van der Waals surface area contributed by atoms with E-state index in [1.54, 1.807) is 40.0 Å². The summed E-state index contributed by atoms with van der Waals surface area (Å²) in [6.07, 6.45) is -1.11. The van der Waals surface area contributed by atoms with Crippen LogP contribution < -0.4 is 10.9 Å². The summed E-state index contributed by atoms with van der Waals surface area (Å²) in [6, 6.07) is 2.80. The number of amides is 3. The predicted molar refractivity (Wildman–Crippen MR) is 114 cm³/mol. The van der Waals surface area contributed by atoms with Crippen molar-refractivity contribution in [3.05, 3.63) is 45.8 Å². The zero-order valence-corrected chi connectivity index (χ0v) is 18.2. The van der Waals surface area contributed by atoms with Crippen LogP contribution in [-0.2, 0) is 11.0 Å². The van der Waals surface area contributed by atoms with Gasteiger partial charge in [-0.1, -0.05) is 12.2 Å². The molecular formula is C22H24F3N3O4. The molecule has 1 saturated heterocycles. The molecule has 1 aliphatic rings. The van der Waals surface area contributed by atoms with Crippen molar-refractivity contribution in [3.63, 3.8) is 0 Å². The molecule has 0 radical (unpaired) electrons.